The Morgan fingerprint density at radius 1 is 1.14 bits per heavy atom. The van der Waals surface area contributed by atoms with Crippen LogP contribution >= 0.6 is 11.6 Å². The smallest absolute Gasteiger partial charge is 0.319 e. The van der Waals surface area contributed by atoms with E-state index in [1.54, 1.807) is 35.9 Å². The van der Waals surface area contributed by atoms with E-state index in [9.17, 15) is 9.59 Å². The number of urea groups is 1. The highest BCUT2D eigenvalue weighted by molar-refractivity contribution is 6.30. The number of imidazole rings is 1. The van der Waals surface area contributed by atoms with Crippen LogP contribution in [0.1, 0.15) is 35.7 Å². The van der Waals surface area contributed by atoms with Crippen molar-refractivity contribution in [3.63, 3.8) is 0 Å². The van der Waals surface area contributed by atoms with Gasteiger partial charge in [-0.05, 0) is 55.0 Å². The summed E-state index contributed by atoms with van der Waals surface area (Å²) in [4.78, 5) is 31.5. The maximum atomic E-state index is 13.2. The number of nitrogens with zero attached hydrogens (tertiary/aromatic N) is 3. The van der Waals surface area contributed by atoms with Crippen LogP contribution in [0.2, 0.25) is 5.02 Å². The molecular weight excluding hydrogens is 376 g/mol. The monoisotopic (exact) mass is 394 g/mol. The van der Waals surface area contributed by atoms with Crippen molar-refractivity contribution in [3.8, 4) is 0 Å². The number of carbonyl (C=O) groups excluding carboxylic acids is 2. The summed E-state index contributed by atoms with van der Waals surface area (Å²) >= 11 is 6.01. The topological polar surface area (TPSA) is 66.7 Å². The Morgan fingerprint density at radius 2 is 1.96 bits per heavy atom. The molecule has 1 aromatic carbocycles. The molecule has 2 aromatic heterocycles. The molecule has 0 saturated carbocycles. The van der Waals surface area contributed by atoms with Crippen molar-refractivity contribution in [1.82, 2.24) is 19.6 Å². The normalized spacial score (nSPS) is 21.4. The van der Waals surface area contributed by atoms with Gasteiger partial charge in [-0.2, -0.15) is 0 Å². The van der Waals surface area contributed by atoms with Gasteiger partial charge in [0.25, 0.3) is 5.91 Å². The van der Waals surface area contributed by atoms with Gasteiger partial charge in [0, 0.05) is 12.4 Å². The highest BCUT2D eigenvalue weighted by atomic mass is 35.5. The van der Waals surface area contributed by atoms with E-state index in [4.69, 9.17) is 11.6 Å². The van der Waals surface area contributed by atoms with E-state index in [0.717, 1.165) is 24.8 Å². The van der Waals surface area contributed by atoms with Gasteiger partial charge in [-0.1, -0.05) is 29.8 Å². The lowest BCUT2D eigenvalue weighted by atomic mass is 9.89. The van der Waals surface area contributed by atoms with Crippen molar-refractivity contribution in [2.75, 3.05) is 0 Å². The zero-order valence-corrected chi connectivity index (χ0v) is 16.2. The van der Waals surface area contributed by atoms with E-state index in [-0.39, 0.29) is 12.5 Å². The van der Waals surface area contributed by atoms with Gasteiger partial charge in [0.15, 0.2) is 0 Å². The quantitative estimate of drug-likeness (QED) is 0.692. The molecule has 28 heavy (non-hydrogen) atoms. The first-order valence-electron chi connectivity index (χ1n) is 9.33. The lowest BCUT2D eigenvalue weighted by molar-refractivity contribution is -0.131. The molecule has 1 N–H and O–H groups in total. The number of hydrogen-bond donors (Lipinski definition) is 1. The molecule has 0 spiro atoms. The van der Waals surface area contributed by atoms with Gasteiger partial charge >= 0.3 is 6.03 Å². The third-order valence-electron chi connectivity index (χ3n) is 5.74. The number of aromatic nitrogens is 2. The van der Waals surface area contributed by atoms with E-state index >= 15 is 0 Å². The van der Waals surface area contributed by atoms with E-state index in [1.165, 1.54) is 16.0 Å². The van der Waals surface area contributed by atoms with Gasteiger partial charge in [0.05, 0.1) is 17.3 Å². The number of fused-ring (bicyclic) bond motifs is 2. The van der Waals surface area contributed by atoms with Crippen LogP contribution in [0, 0.1) is 0 Å². The fraction of sp³-hybridized carbons (Fsp3) is 0.286. The predicted octanol–water partition coefficient (Wildman–Crippen LogP) is 3.44. The Morgan fingerprint density at radius 3 is 2.82 bits per heavy atom. The van der Waals surface area contributed by atoms with Crippen LogP contribution < -0.4 is 5.32 Å². The fourth-order valence-electron chi connectivity index (χ4n) is 4.17. The van der Waals surface area contributed by atoms with Gasteiger partial charge in [-0.15, -0.1) is 0 Å². The molecule has 0 bridgehead atoms. The second-order valence-corrected chi connectivity index (χ2v) is 8.06. The summed E-state index contributed by atoms with van der Waals surface area (Å²) < 4.78 is 1.79. The Labute approximate surface area is 167 Å². The minimum absolute atomic E-state index is 0.116. The molecule has 3 aromatic rings. The van der Waals surface area contributed by atoms with E-state index in [2.05, 4.69) is 22.4 Å². The van der Waals surface area contributed by atoms with Crippen LogP contribution in [-0.4, -0.2) is 26.2 Å². The van der Waals surface area contributed by atoms with Gasteiger partial charge in [-0.25, -0.2) is 9.78 Å². The zero-order valence-electron chi connectivity index (χ0n) is 15.4. The van der Waals surface area contributed by atoms with Crippen molar-refractivity contribution >= 4 is 29.2 Å². The first-order valence-corrected chi connectivity index (χ1v) is 9.71. The molecule has 1 saturated heterocycles. The van der Waals surface area contributed by atoms with E-state index in [1.807, 2.05) is 6.07 Å². The summed E-state index contributed by atoms with van der Waals surface area (Å²) in [6, 6.07) is 9.26. The van der Waals surface area contributed by atoms with Crippen molar-refractivity contribution in [2.45, 2.75) is 38.3 Å². The molecule has 7 heteroatoms. The number of carbonyl (C=O) groups is 2. The molecule has 2 aliphatic rings. The van der Waals surface area contributed by atoms with Crippen molar-refractivity contribution in [3.05, 3.63) is 70.1 Å². The Bertz CT molecular complexity index is 1140. The summed E-state index contributed by atoms with van der Waals surface area (Å²) in [6.07, 6.45) is 6.77. The molecule has 1 aliphatic heterocycles. The third-order valence-corrected chi connectivity index (χ3v) is 5.96. The molecule has 1 aliphatic carbocycles. The Kier molecular flexibility index (Phi) is 3.74. The first kappa shape index (κ1) is 17.3. The summed E-state index contributed by atoms with van der Waals surface area (Å²) in [5.74, 6) is -0.259. The molecule has 3 amide bonds. The van der Waals surface area contributed by atoms with Crippen LogP contribution in [-0.2, 0) is 29.7 Å². The number of nitrogens with one attached hydrogen (secondary N) is 1. The Hall–Kier alpha value is -2.86. The van der Waals surface area contributed by atoms with Crippen LogP contribution in [0.4, 0.5) is 4.79 Å². The third kappa shape index (κ3) is 2.59. The maximum Gasteiger partial charge on any atom is 0.325 e. The summed E-state index contributed by atoms with van der Waals surface area (Å²) in [5.41, 5.74) is 3.73. The van der Waals surface area contributed by atoms with Gasteiger partial charge in [-0.3, -0.25) is 9.69 Å². The second kappa shape index (κ2) is 6.07. The highest BCUT2D eigenvalue weighted by Gasteiger charge is 2.49. The lowest BCUT2D eigenvalue weighted by Gasteiger charge is -2.23. The van der Waals surface area contributed by atoms with Crippen LogP contribution in [0.3, 0.4) is 0 Å². The molecule has 142 valence electrons. The zero-order chi connectivity index (χ0) is 19.5. The number of imide groups is 1. The average molecular weight is 395 g/mol. The molecule has 3 heterocycles. The molecular formula is C21H19ClN4O2. The van der Waals surface area contributed by atoms with E-state index in [0.29, 0.717) is 16.4 Å². The number of halogens is 1. The van der Waals surface area contributed by atoms with Gasteiger partial charge in [0.2, 0.25) is 0 Å². The number of pyridine rings is 1. The average Bonchev–Trinajstić information content (AvgIpc) is 3.34. The first-order chi connectivity index (χ1) is 13.4. The van der Waals surface area contributed by atoms with Crippen LogP contribution in [0.25, 0.3) is 5.65 Å². The maximum absolute atomic E-state index is 13.2. The van der Waals surface area contributed by atoms with Crippen LogP contribution in [0.5, 0.6) is 0 Å². The van der Waals surface area contributed by atoms with Crippen molar-refractivity contribution < 1.29 is 9.59 Å². The SMILES string of the molecule is CC1(c2ccc3c(c2)CCC3)NC(=O)N(Cc2cn3cc(Cl)ccc3n2)C1=O. The van der Waals surface area contributed by atoms with E-state index < -0.39 is 11.6 Å². The summed E-state index contributed by atoms with van der Waals surface area (Å²) in [7, 11) is 0. The minimum atomic E-state index is -1.06. The number of aryl methyl sites for hydroxylation is 2. The summed E-state index contributed by atoms with van der Waals surface area (Å²) in [6.45, 7) is 1.89. The van der Waals surface area contributed by atoms with Gasteiger partial charge < -0.3 is 9.72 Å². The number of hydrogen-bond acceptors (Lipinski definition) is 3. The molecule has 1 unspecified atom stereocenters. The largest absolute Gasteiger partial charge is 0.325 e. The lowest BCUT2D eigenvalue weighted by Crippen LogP contribution is -2.41. The summed E-state index contributed by atoms with van der Waals surface area (Å²) in [5, 5.41) is 3.48. The Balaban J connectivity index is 1.45. The van der Waals surface area contributed by atoms with Gasteiger partial charge in [0.1, 0.15) is 11.2 Å². The molecule has 1 atom stereocenters. The molecule has 5 rings (SSSR count). The highest BCUT2D eigenvalue weighted by Crippen LogP contribution is 2.33. The molecule has 6 nitrogen and oxygen atoms in total. The minimum Gasteiger partial charge on any atom is -0.319 e. The van der Waals surface area contributed by atoms with Crippen molar-refractivity contribution in [2.24, 2.45) is 0 Å². The standard InChI is InChI=1S/C21H19ClN4O2/c1-21(15-6-5-13-3-2-4-14(13)9-15)19(27)26(20(28)24-21)12-17-11-25-10-16(22)7-8-18(25)23-17/h5-11H,2-4,12H2,1H3,(H,24,28). The number of rotatable bonds is 3. The predicted molar refractivity (Wildman–Crippen MR) is 105 cm³/mol. The second-order valence-electron chi connectivity index (χ2n) is 7.63. The molecule has 1 fully saturated rings. The number of benzene rings is 1. The fourth-order valence-corrected chi connectivity index (χ4v) is 4.34. The molecule has 0 radical (unpaired) electrons. The van der Waals surface area contributed by atoms with Crippen LogP contribution in [0.15, 0.2) is 42.7 Å². The van der Waals surface area contributed by atoms with Crippen molar-refractivity contribution in [1.29, 1.82) is 0 Å². The number of amides is 3.